The van der Waals surface area contributed by atoms with Gasteiger partial charge in [0.05, 0.1) is 0 Å². The molecule has 0 saturated heterocycles. The zero-order valence-corrected chi connectivity index (χ0v) is 8.94. The van der Waals surface area contributed by atoms with Crippen molar-refractivity contribution in [2.75, 3.05) is 0 Å². The highest BCUT2D eigenvalue weighted by Crippen LogP contribution is 2.26. The van der Waals surface area contributed by atoms with E-state index in [1.807, 2.05) is 0 Å². The van der Waals surface area contributed by atoms with Crippen molar-refractivity contribution in [2.24, 2.45) is 0 Å². The topological polar surface area (TPSA) is 0 Å². The van der Waals surface area contributed by atoms with Crippen molar-refractivity contribution in [3.05, 3.63) is 34.6 Å². The summed E-state index contributed by atoms with van der Waals surface area (Å²) in [6.07, 6.45) is -1.25. The van der Waals surface area contributed by atoms with Crippen molar-refractivity contribution < 1.29 is 34.3 Å². The first-order chi connectivity index (χ1) is 7.65. The zero-order chi connectivity index (χ0) is 13.4. The molecule has 0 bridgehead atoms. The molecule has 1 aromatic carbocycles. The van der Waals surface area contributed by atoms with E-state index in [1.54, 1.807) is 0 Å². The van der Waals surface area contributed by atoms with Gasteiger partial charge in [0.15, 0.2) is 23.3 Å². The van der Waals surface area contributed by atoms with Gasteiger partial charge in [-0.2, -0.15) is 0 Å². The molecule has 0 aliphatic heterocycles. The smallest absolute Gasteiger partial charge is 0.238 e. The van der Waals surface area contributed by atoms with Crippen LogP contribution in [0.3, 0.4) is 0 Å². The summed E-state index contributed by atoms with van der Waals surface area (Å²) in [6, 6.07) is -1.54. The number of benzene rings is 1. The molecule has 0 nitrogen and oxygen atoms in total. The molecule has 17 heavy (non-hydrogen) atoms. The van der Waals surface area contributed by atoms with E-state index in [2.05, 4.69) is 0 Å². The highest BCUT2D eigenvalue weighted by atomic mass is 28.5. The van der Waals surface area contributed by atoms with E-state index >= 15 is 0 Å². The van der Waals surface area contributed by atoms with Gasteiger partial charge in [-0.15, -0.1) is 0 Å². The van der Waals surface area contributed by atoms with E-state index < -0.39 is 56.2 Å². The molecule has 0 atom stereocenters. The second-order valence-electron chi connectivity index (χ2n) is 3.16. The minimum Gasteiger partial charge on any atom is -0.238 e. The van der Waals surface area contributed by atoms with Crippen molar-refractivity contribution in [1.29, 1.82) is 0 Å². The Labute approximate surface area is 91.4 Å². The van der Waals surface area contributed by atoms with E-state index in [0.717, 1.165) is 0 Å². The minimum absolute atomic E-state index is 1.25. The molecule has 0 radical (unpaired) electrons. The highest BCUT2D eigenvalue weighted by molar-refractivity contribution is 6.58. The molecule has 0 spiro atoms. The van der Waals surface area contributed by atoms with Gasteiger partial charge < -0.3 is 0 Å². The molecule has 0 saturated carbocycles. The maximum atomic E-state index is 12.9. The molecule has 0 aliphatic rings. The van der Waals surface area contributed by atoms with Crippen LogP contribution in [0, 0.1) is 29.1 Å². The molecule has 0 amide bonds. The molecule has 0 aliphatic carbocycles. The fourth-order valence-electron chi connectivity index (χ4n) is 1.14. The Kier molecular flexibility index (Phi) is 3.80. The van der Waals surface area contributed by atoms with Crippen molar-refractivity contribution in [3.63, 3.8) is 0 Å². The molecule has 0 unspecified atom stereocenters. The number of hydrogen-bond donors (Lipinski definition) is 0. The van der Waals surface area contributed by atoms with Gasteiger partial charge in [0.2, 0.25) is 5.82 Å². The van der Waals surface area contributed by atoms with Gasteiger partial charge in [-0.25, -0.2) is 34.3 Å². The SMILES string of the molecule is Fc1c(F)c(F)c(CC[Si](F)(F)F)c(F)c1F. The second-order valence-corrected chi connectivity index (χ2v) is 4.89. The number of rotatable bonds is 3. The predicted molar refractivity (Wildman–Crippen MR) is 43.8 cm³/mol. The van der Waals surface area contributed by atoms with Crippen LogP contribution in [-0.4, -0.2) is 9.08 Å². The summed E-state index contributed by atoms with van der Waals surface area (Å²) in [5.74, 6) is -11.3. The van der Waals surface area contributed by atoms with Crippen molar-refractivity contribution in [2.45, 2.75) is 12.5 Å². The van der Waals surface area contributed by atoms with Gasteiger partial charge in [0, 0.05) is 11.6 Å². The summed E-state index contributed by atoms with van der Waals surface area (Å²) >= 11 is 0. The standard InChI is InChI=1S/C8H4F8Si/c9-4-3(1-2-17(14,15)16)5(10)7(12)8(13)6(4)11/h1-2H2. The van der Waals surface area contributed by atoms with Crippen LogP contribution in [0.4, 0.5) is 34.3 Å². The minimum atomic E-state index is -6.11. The molecular formula is C8H4F8Si. The molecule has 1 aromatic rings. The van der Waals surface area contributed by atoms with E-state index in [-0.39, 0.29) is 0 Å². The Morgan fingerprint density at radius 1 is 0.647 bits per heavy atom. The van der Waals surface area contributed by atoms with E-state index in [9.17, 15) is 34.3 Å². The largest absolute Gasteiger partial charge is 0.616 e. The molecule has 0 heterocycles. The lowest BCUT2D eigenvalue weighted by Gasteiger charge is -2.08. The fraction of sp³-hybridized carbons (Fsp3) is 0.250. The van der Waals surface area contributed by atoms with Crippen LogP contribution in [0.25, 0.3) is 0 Å². The van der Waals surface area contributed by atoms with Crippen molar-refractivity contribution in [3.8, 4) is 0 Å². The summed E-state index contributed by atoms with van der Waals surface area (Å²) in [4.78, 5) is 0. The second kappa shape index (κ2) is 4.63. The monoisotopic (exact) mass is 280 g/mol. The third-order valence-corrected chi connectivity index (χ3v) is 2.78. The van der Waals surface area contributed by atoms with Crippen LogP contribution in [0.15, 0.2) is 0 Å². The van der Waals surface area contributed by atoms with E-state index in [1.165, 1.54) is 0 Å². The Morgan fingerprint density at radius 3 is 1.35 bits per heavy atom. The Hall–Kier alpha value is -1.12. The van der Waals surface area contributed by atoms with Gasteiger partial charge in [0.1, 0.15) is 0 Å². The summed E-state index contributed by atoms with van der Waals surface area (Å²) in [7, 11) is -6.11. The number of halogens is 8. The lowest BCUT2D eigenvalue weighted by Crippen LogP contribution is -2.17. The molecule has 0 N–H and O–H groups in total. The van der Waals surface area contributed by atoms with Crippen LogP contribution >= 0.6 is 0 Å². The van der Waals surface area contributed by atoms with Crippen molar-refractivity contribution in [1.82, 2.24) is 0 Å². The van der Waals surface area contributed by atoms with Gasteiger partial charge in [0.25, 0.3) is 0 Å². The Balaban J connectivity index is 3.16. The maximum Gasteiger partial charge on any atom is 0.616 e. The first kappa shape index (κ1) is 13.9. The summed E-state index contributed by atoms with van der Waals surface area (Å²) < 4.78 is 99.3. The normalized spacial score (nSPS) is 12.0. The van der Waals surface area contributed by atoms with Crippen LogP contribution in [0.2, 0.25) is 6.04 Å². The van der Waals surface area contributed by atoms with Gasteiger partial charge >= 0.3 is 9.08 Å². The van der Waals surface area contributed by atoms with Crippen LogP contribution < -0.4 is 0 Å². The molecule has 1 rings (SSSR count). The average Bonchev–Trinajstić information content (AvgIpc) is 2.22. The van der Waals surface area contributed by atoms with Crippen LogP contribution in [0.5, 0.6) is 0 Å². The molecule has 9 heteroatoms. The van der Waals surface area contributed by atoms with Crippen LogP contribution in [0.1, 0.15) is 5.56 Å². The lowest BCUT2D eigenvalue weighted by atomic mass is 10.1. The predicted octanol–water partition coefficient (Wildman–Crippen LogP) is 3.77. The third-order valence-electron chi connectivity index (χ3n) is 1.96. The maximum absolute atomic E-state index is 12.9. The first-order valence-electron chi connectivity index (χ1n) is 4.22. The Morgan fingerprint density at radius 2 is 1.00 bits per heavy atom. The zero-order valence-electron chi connectivity index (χ0n) is 7.94. The fourth-order valence-corrected chi connectivity index (χ4v) is 1.67. The highest BCUT2D eigenvalue weighted by Gasteiger charge is 2.37. The number of hydrogen-bond acceptors (Lipinski definition) is 0. The van der Waals surface area contributed by atoms with E-state index in [4.69, 9.17) is 0 Å². The van der Waals surface area contributed by atoms with Crippen molar-refractivity contribution >= 4 is 9.08 Å². The average molecular weight is 280 g/mol. The van der Waals surface area contributed by atoms with Crippen LogP contribution in [-0.2, 0) is 6.42 Å². The van der Waals surface area contributed by atoms with Gasteiger partial charge in [-0.05, 0) is 6.42 Å². The van der Waals surface area contributed by atoms with E-state index in [0.29, 0.717) is 0 Å². The summed E-state index contributed by atoms with van der Waals surface area (Å²) in [5.41, 5.74) is -1.42. The van der Waals surface area contributed by atoms with Gasteiger partial charge in [-0.3, -0.25) is 0 Å². The third kappa shape index (κ3) is 2.96. The summed E-state index contributed by atoms with van der Waals surface area (Å²) in [6.45, 7) is 0. The molecule has 96 valence electrons. The Bertz CT molecular complexity index is 409. The molecule has 0 fully saturated rings. The quantitative estimate of drug-likeness (QED) is 0.260. The first-order valence-corrected chi connectivity index (χ1v) is 6.06. The molecular weight excluding hydrogens is 276 g/mol. The summed E-state index contributed by atoms with van der Waals surface area (Å²) in [5, 5.41) is 0. The molecule has 0 aromatic heterocycles. The van der Waals surface area contributed by atoms with Gasteiger partial charge in [-0.1, -0.05) is 0 Å². The lowest BCUT2D eigenvalue weighted by molar-refractivity contribution is 0.369.